The van der Waals surface area contributed by atoms with Crippen molar-refractivity contribution in [2.24, 2.45) is 10.9 Å². The number of carbonyl (C=O) groups is 1. The Balaban J connectivity index is 1.83. The third kappa shape index (κ3) is 3.71. The van der Waals surface area contributed by atoms with Crippen LogP contribution in [0.1, 0.15) is 25.8 Å². The molecule has 7 heteroatoms. The number of hydrogen-bond donors (Lipinski definition) is 3. The first kappa shape index (κ1) is 17.2. The normalized spacial score (nSPS) is 17.6. The summed E-state index contributed by atoms with van der Waals surface area (Å²) in [6.07, 6.45) is 4.18. The van der Waals surface area contributed by atoms with Crippen LogP contribution in [0.5, 0.6) is 0 Å². The molecule has 1 atom stereocenters. The lowest BCUT2D eigenvalue weighted by Crippen LogP contribution is -2.45. The molecule has 0 saturated carbocycles. The van der Waals surface area contributed by atoms with Crippen LogP contribution in [0.3, 0.4) is 0 Å². The summed E-state index contributed by atoms with van der Waals surface area (Å²) in [6, 6.07) is 5.61. The molecule has 7 nitrogen and oxygen atoms in total. The highest BCUT2D eigenvalue weighted by atomic mass is 16.3. The van der Waals surface area contributed by atoms with E-state index in [0.29, 0.717) is 17.6 Å². The van der Waals surface area contributed by atoms with Gasteiger partial charge in [0.1, 0.15) is 5.70 Å². The topological polar surface area (TPSA) is 93.6 Å². The van der Waals surface area contributed by atoms with Crippen LogP contribution in [0.4, 0.5) is 0 Å². The molecule has 2 heterocycles. The number of carbonyl (C=O) groups excluding carboxylic acids is 1. The van der Waals surface area contributed by atoms with E-state index in [0.717, 1.165) is 23.0 Å². The molecule has 0 bridgehead atoms. The van der Waals surface area contributed by atoms with Crippen LogP contribution in [-0.2, 0) is 4.79 Å². The molecule has 0 spiro atoms. The number of aliphatic imine (C=N–C) groups is 1. The first-order valence-electron chi connectivity index (χ1n) is 8.37. The van der Waals surface area contributed by atoms with Gasteiger partial charge in [0.2, 0.25) is 5.96 Å². The Labute approximate surface area is 146 Å². The number of H-pyrrole nitrogens is 1. The second-order valence-corrected chi connectivity index (χ2v) is 6.66. The van der Waals surface area contributed by atoms with Gasteiger partial charge in [0.05, 0.1) is 30.0 Å². The number of benzene rings is 1. The van der Waals surface area contributed by atoms with E-state index in [2.05, 4.69) is 34.1 Å². The number of aromatic nitrogens is 2. The summed E-state index contributed by atoms with van der Waals surface area (Å²) in [5.41, 5.74) is 3.01. The average molecular weight is 341 g/mol. The second-order valence-electron chi connectivity index (χ2n) is 6.66. The quantitative estimate of drug-likeness (QED) is 0.722. The maximum absolute atomic E-state index is 12.4. The van der Waals surface area contributed by atoms with Gasteiger partial charge >= 0.3 is 0 Å². The van der Waals surface area contributed by atoms with Gasteiger partial charge in [0.15, 0.2) is 0 Å². The largest absolute Gasteiger partial charge is 0.394 e. The van der Waals surface area contributed by atoms with Crippen LogP contribution >= 0.6 is 0 Å². The number of aliphatic hydroxyl groups is 1. The van der Waals surface area contributed by atoms with E-state index in [1.54, 1.807) is 19.5 Å². The number of amides is 1. The molecule has 2 aromatic rings. The van der Waals surface area contributed by atoms with E-state index < -0.39 is 0 Å². The number of hydrogen-bond acceptors (Lipinski definition) is 5. The van der Waals surface area contributed by atoms with Crippen molar-refractivity contribution in [1.29, 1.82) is 0 Å². The molecule has 132 valence electrons. The minimum Gasteiger partial charge on any atom is -0.394 e. The summed E-state index contributed by atoms with van der Waals surface area (Å²) in [7, 11) is 1.68. The molecule has 1 amide bonds. The van der Waals surface area contributed by atoms with Gasteiger partial charge < -0.3 is 15.4 Å². The predicted molar refractivity (Wildman–Crippen MR) is 97.7 cm³/mol. The standard InChI is InChI=1S/C18H23N5O2/c1-11(2)6-13(9-24)21-18-22-16(17(25)23(18)3)8-12-4-5-14-15(7-12)20-10-19-14/h4-5,7-8,10-11,13,24H,6,9H2,1-3H3,(H,19,20)(H,21,22)/b16-8-. The molecule has 3 rings (SSSR count). The molecular weight excluding hydrogens is 318 g/mol. The van der Waals surface area contributed by atoms with Gasteiger partial charge in [-0.2, -0.15) is 0 Å². The van der Waals surface area contributed by atoms with E-state index in [9.17, 15) is 9.90 Å². The van der Waals surface area contributed by atoms with Gasteiger partial charge in [0.25, 0.3) is 5.91 Å². The first-order valence-corrected chi connectivity index (χ1v) is 8.37. The number of nitrogens with one attached hydrogen (secondary N) is 2. The van der Waals surface area contributed by atoms with E-state index in [4.69, 9.17) is 0 Å². The lowest BCUT2D eigenvalue weighted by atomic mass is 10.0. The molecule has 0 fully saturated rings. The molecular formula is C18H23N5O2. The average Bonchev–Trinajstić information content (AvgIpc) is 3.14. The first-order chi connectivity index (χ1) is 12.0. The molecule has 1 aromatic carbocycles. The molecule has 1 unspecified atom stereocenters. The van der Waals surface area contributed by atoms with Crippen molar-refractivity contribution < 1.29 is 9.90 Å². The van der Waals surface area contributed by atoms with Crippen LogP contribution in [0.2, 0.25) is 0 Å². The lowest BCUT2D eigenvalue weighted by molar-refractivity contribution is -0.121. The van der Waals surface area contributed by atoms with Crippen molar-refractivity contribution in [2.75, 3.05) is 13.7 Å². The third-order valence-corrected chi connectivity index (χ3v) is 4.13. The molecule has 3 N–H and O–H groups in total. The number of nitrogens with zero attached hydrogens (tertiary/aromatic N) is 3. The number of guanidine groups is 1. The minimum atomic E-state index is -0.175. The van der Waals surface area contributed by atoms with E-state index >= 15 is 0 Å². The SMILES string of the molecule is CC(C)CC(CO)NC1=N/C(=C\c2ccc3[nH]cnc3c2)C(=O)N1C. The molecule has 1 aromatic heterocycles. The number of imidazole rings is 1. The summed E-state index contributed by atoms with van der Waals surface area (Å²) in [5, 5.41) is 12.7. The number of rotatable bonds is 5. The van der Waals surface area contributed by atoms with Crippen molar-refractivity contribution in [3.63, 3.8) is 0 Å². The predicted octanol–water partition coefficient (Wildman–Crippen LogP) is 1.73. The van der Waals surface area contributed by atoms with E-state index in [-0.39, 0.29) is 18.6 Å². The number of fused-ring (bicyclic) bond motifs is 1. The van der Waals surface area contributed by atoms with Gasteiger partial charge in [-0.05, 0) is 36.1 Å². The highest BCUT2D eigenvalue weighted by Gasteiger charge is 2.28. The fourth-order valence-corrected chi connectivity index (χ4v) is 2.86. The van der Waals surface area contributed by atoms with Crippen LogP contribution < -0.4 is 5.32 Å². The zero-order valence-corrected chi connectivity index (χ0v) is 14.7. The Hall–Kier alpha value is -2.67. The molecule has 1 aliphatic heterocycles. The van der Waals surface area contributed by atoms with Gasteiger partial charge in [-0.1, -0.05) is 19.9 Å². The molecule has 0 aliphatic carbocycles. The number of likely N-dealkylation sites (N-methyl/N-ethyl adjacent to an activating group) is 1. The second kappa shape index (κ2) is 7.06. The summed E-state index contributed by atoms with van der Waals surface area (Å²) in [4.78, 5) is 25.6. The number of aromatic amines is 1. The molecule has 0 radical (unpaired) electrons. The van der Waals surface area contributed by atoms with Crippen molar-refractivity contribution in [3.05, 3.63) is 35.8 Å². The van der Waals surface area contributed by atoms with Crippen LogP contribution in [0.25, 0.3) is 17.1 Å². The minimum absolute atomic E-state index is 0.00585. The Morgan fingerprint density at radius 2 is 2.20 bits per heavy atom. The molecule has 25 heavy (non-hydrogen) atoms. The van der Waals surface area contributed by atoms with Crippen LogP contribution in [0.15, 0.2) is 35.2 Å². The molecule has 0 saturated heterocycles. The number of aliphatic hydroxyl groups excluding tert-OH is 1. The Morgan fingerprint density at radius 1 is 1.40 bits per heavy atom. The maximum Gasteiger partial charge on any atom is 0.279 e. The molecule has 1 aliphatic rings. The van der Waals surface area contributed by atoms with Crippen molar-refractivity contribution in [3.8, 4) is 0 Å². The summed E-state index contributed by atoms with van der Waals surface area (Å²) in [6.45, 7) is 4.17. The highest BCUT2D eigenvalue weighted by molar-refractivity contribution is 6.13. The smallest absolute Gasteiger partial charge is 0.279 e. The van der Waals surface area contributed by atoms with Gasteiger partial charge in [-0.25, -0.2) is 9.98 Å². The van der Waals surface area contributed by atoms with Crippen molar-refractivity contribution in [2.45, 2.75) is 26.3 Å². The zero-order chi connectivity index (χ0) is 18.0. The lowest BCUT2D eigenvalue weighted by Gasteiger charge is -2.21. The Bertz CT molecular complexity index is 837. The fraction of sp³-hybridized carbons (Fsp3) is 0.389. The van der Waals surface area contributed by atoms with Crippen LogP contribution in [-0.4, -0.2) is 51.5 Å². The highest BCUT2D eigenvalue weighted by Crippen LogP contribution is 2.19. The third-order valence-electron chi connectivity index (χ3n) is 4.13. The Morgan fingerprint density at radius 3 is 2.92 bits per heavy atom. The van der Waals surface area contributed by atoms with Gasteiger partial charge in [0, 0.05) is 7.05 Å². The van der Waals surface area contributed by atoms with E-state index in [1.165, 1.54) is 4.90 Å². The van der Waals surface area contributed by atoms with Crippen molar-refractivity contribution >= 4 is 29.0 Å². The fourth-order valence-electron chi connectivity index (χ4n) is 2.86. The summed E-state index contributed by atoms with van der Waals surface area (Å²) < 4.78 is 0. The monoisotopic (exact) mass is 341 g/mol. The zero-order valence-electron chi connectivity index (χ0n) is 14.7. The summed E-state index contributed by atoms with van der Waals surface area (Å²) in [5.74, 6) is 0.728. The van der Waals surface area contributed by atoms with Crippen molar-refractivity contribution in [1.82, 2.24) is 20.2 Å². The van der Waals surface area contributed by atoms with Crippen LogP contribution in [0, 0.1) is 5.92 Å². The Kier molecular flexibility index (Phi) is 4.85. The van der Waals surface area contributed by atoms with Gasteiger partial charge in [-0.15, -0.1) is 0 Å². The van der Waals surface area contributed by atoms with E-state index in [1.807, 2.05) is 18.2 Å². The summed E-state index contributed by atoms with van der Waals surface area (Å²) >= 11 is 0. The maximum atomic E-state index is 12.4. The van der Waals surface area contributed by atoms with Gasteiger partial charge in [-0.3, -0.25) is 9.69 Å².